The van der Waals surface area contributed by atoms with Crippen molar-refractivity contribution in [2.75, 3.05) is 5.73 Å². The summed E-state index contributed by atoms with van der Waals surface area (Å²) in [5.74, 6) is 0.818. The molecule has 0 saturated heterocycles. The minimum Gasteiger partial charge on any atom is -0.383 e. The van der Waals surface area contributed by atoms with Crippen LogP contribution in [0.15, 0.2) is 6.20 Å². The Morgan fingerprint density at radius 2 is 2.43 bits per heavy atom. The van der Waals surface area contributed by atoms with Crippen molar-refractivity contribution in [3.63, 3.8) is 0 Å². The maximum atomic E-state index is 9.02. The lowest BCUT2D eigenvalue weighted by atomic mass is 9.82. The van der Waals surface area contributed by atoms with Crippen molar-refractivity contribution in [2.24, 2.45) is 0 Å². The summed E-state index contributed by atoms with van der Waals surface area (Å²) in [7, 11) is 0. The highest BCUT2D eigenvalue weighted by atomic mass is 14.8. The lowest BCUT2D eigenvalue weighted by molar-refractivity contribution is 0.587. The molecule has 1 aliphatic rings. The van der Waals surface area contributed by atoms with Gasteiger partial charge in [0, 0.05) is 6.20 Å². The Labute approximate surface area is 83.6 Å². The Morgan fingerprint density at radius 3 is 3.14 bits per heavy atom. The number of nitrogens with two attached hydrogens (primary N) is 1. The first-order valence-electron chi connectivity index (χ1n) is 4.91. The van der Waals surface area contributed by atoms with E-state index in [4.69, 9.17) is 11.0 Å². The van der Waals surface area contributed by atoms with Crippen LogP contribution in [0.4, 0.5) is 5.82 Å². The number of nitriles is 1. The lowest BCUT2D eigenvalue weighted by Gasteiger charge is -2.23. The first kappa shape index (κ1) is 9.01. The molecule has 3 heteroatoms. The third-order valence-corrected chi connectivity index (χ3v) is 2.92. The fourth-order valence-corrected chi connectivity index (χ4v) is 2.20. The van der Waals surface area contributed by atoms with E-state index in [-0.39, 0.29) is 0 Å². The van der Waals surface area contributed by atoms with Crippen molar-refractivity contribution in [2.45, 2.75) is 32.1 Å². The summed E-state index contributed by atoms with van der Waals surface area (Å²) in [6.07, 6.45) is 5.18. The number of nitrogen functional groups attached to an aromatic ring is 1. The number of nitrogens with zero attached hydrogens (tertiary/aromatic N) is 2. The zero-order valence-electron chi connectivity index (χ0n) is 8.25. The Morgan fingerprint density at radius 1 is 1.64 bits per heavy atom. The van der Waals surface area contributed by atoms with Crippen molar-refractivity contribution < 1.29 is 0 Å². The maximum absolute atomic E-state index is 9.02. The Kier molecular flexibility index (Phi) is 2.12. The van der Waals surface area contributed by atoms with Gasteiger partial charge in [-0.15, -0.1) is 0 Å². The van der Waals surface area contributed by atoms with Crippen molar-refractivity contribution in [3.8, 4) is 6.07 Å². The second-order valence-electron chi connectivity index (χ2n) is 3.86. The number of fused-ring (bicyclic) bond motifs is 1. The van der Waals surface area contributed by atoms with Crippen molar-refractivity contribution in [1.82, 2.24) is 4.98 Å². The van der Waals surface area contributed by atoms with Gasteiger partial charge in [0.1, 0.15) is 11.9 Å². The fourth-order valence-electron chi connectivity index (χ4n) is 2.20. The molecule has 2 N–H and O–H groups in total. The van der Waals surface area contributed by atoms with Gasteiger partial charge in [0.05, 0.1) is 5.56 Å². The molecule has 0 radical (unpaired) electrons. The third kappa shape index (κ3) is 1.24. The average molecular weight is 187 g/mol. The summed E-state index contributed by atoms with van der Waals surface area (Å²) in [5.41, 5.74) is 8.61. The highest BCUT2D eigenvalue weighted by molar-refractivity contribution is 5.57. The monoisotopic (exact) mass is 187 g/mol. The Hall–Kier alpha value is -1.56. The zero-order chi connectivity index (χ0) is 10.1. The van der Waals surface area contributed by atoms with E-state index in [1.54, 1.807) is 0 Å². The number of hydrogen-bond donors (Lipinski definition) is 1. The van der Waals surface area contributed by atoms with Crippen LogP contribution < -0.4 is 5.73 Å². The molecule has 14 heavy (non-hydrogen) atoms. The highest BCUT2D eigenvalue weighted by Crippen LogP contribution is 2.34. The Bertz CT molecular complexity index is 404. The molecule has 1 unspecified atom stereocenters. The normalized spacial score (nSPS) is 19.9. The van der Waals surface area contributed by atoms with E-state index in [0.717, 1.165) is 18.4 Å². The minimum atomic E-state index is 0.375. The van der Waals surface area contributed by atoms with Crippen molar-refractivity contribution >= 4 is 5.82 Å². The predicted octanol–water partition coefficient (Wildman–Crippen LogP) is 1.98. The van der Waals surface area contributed by atoms with Gasteiger partial charge in [0.2, 0.25) is 0 Å². The molecule has 0 bridgehead atoms. The fraction of sp³-hybridized carbons (Fsp3) is 0.455. The number of pyridine rings is 1. The standard InChI is InChI=1S/C11H13N3/c1-7-3-2-4-8-6-14-11(13)9(5-12)10(7)8/h6-7H,2-4H2,1H3,(H2,13,14). The molecule has 72 valence electrons. The van der Waals surface area contributed by atoms with Gasteiger partial charge in [-0.05, 0) is 36.3 Å². The van der Waals surface area contributed by atoms with Gasteiger partial charge in [-0.25, -0.2) is 4.98 Å². The topological polar surface area (TPSA) is 62.7 Å². The maximum Gasteiger partial charge on any atom is 0.141 e. The summed E-state index contributed by atoms with van der Waals surface area (Å²) < 4.78 is 0. The van der Waals surface area contributed by atoms with Crippen LogP contribution >= 0.6 is 0 Å². The van der Waals surface area contributed by atoms with E-state index >= 15 is 0 Å². The van der Waals surface area contributed by atoms with Gasteiger partial charge in [-0.1, -0.05) is 6.92 Å². The second-order valence-corrected chi connectivity index (χ2v) is 3.86. The molecular formula is C11H13N3. The van der Waals surface area contributed by atoms with Crippen LogP contribution in [-0.4, -0.2) is 4.98 Å². The summed E-state index contributed by atoms with van der Waals surface area (Å²) in [4.78, 5) is 4.05. The van der Waals surface area contributed by atoms with Gasteiger partial charge < -0.3 is 5.73 Å². The first-order valence-corrected chi connectivity index (χ1v) is 4.91. The highest BCUT2D eigenvalue weighted by Gasteiger charge is 2.21. The van der Waals surface area contributed by atoms with Gasteiger partial charge in [0.25, 0.3) is 0 Å². The van der Waals surface area contributed by atoms with E-state index in [9.17, 15) is 0 Å². The largest absolute Gasteiger partial charge is 0.383 e. The van der Waals surface area contributed by atoms with Crippen LogP contribution in [0.25, 0.3) is 0 Å². The number of rotatable bonds is 0. The minimum absolute atomic E-state index is 0.375. The molecule has 2 rings (SSSR count). The van der Waals surface area contributed by atoms with E-state index in [1.165, 1.54) is 12.0 Å². The molecular weight excluding hydrogens is 174 g/mol. The van der Waals surface area contributed by atoms with Gasteiger partial charge in [-0.3, -0.25) is 0 Å². The van der Waals surface area contributed by atoms with E-state index < -0.39 is 0 Å². The third-order valence-electron chi connectivity index (χ3n) is 2.92. The summed E-state index contributed by atoms with van der Waals surface area (Å²) in [5, 5.41) is 9.02. The van der Waals surface area contributed by atoms with E-state index in [1.807, 2.05) is 6.20 Å². The molecule has 1 aliphatic carbocycles. The molecule has 3 nitrogen and oxygen atoms in total. The SMILES string of the molecule is CC1CCCc2cnc(N)c(C#N)c21. The molecule has 0 aromatic carbocycles. The lowest BCUT2D eigenvalue weighted by Crippen LogP contribution is -2.12. The van der Waals surface area contributed by atoms with Crippen molar-refractivity contribution in [3.05, 3.63) is 22.9 Å². The molecule has 1 aromatic heterocycles. The summed E-state index contributed by atoms with van der Waals surface area (Å²) in [6.45, 7) is 2.15. The van der Waals surface area contributed by atoms with Crippen LogP contribution in [0.1, 0.15) is 42.4 Å². The molecule has 0 amide bonds. The van der Waals surface area contributed by atoms with Gasteiger partial charge >= 0.3 is 0 Å². The quantitative estimate of drug-likeness (QED) is 0.675. The van der Waals surface area contributed by atoms with Gasteiger partial charge in [0.15, 0.2) is 0 Å². The van der Waals surface area contributed by atoms with Crippen molar-refractivity contribution in [1.29, 1.82) is 5.26 Å². The molecule has 1 heterocycles. The smallest absolute Gasteiger partial charge is 0.141 e. The molecule has 0 aliphatic heterocycles. The molecule has 0 fully saturated rings. The van der Waals surface area contributed by atoms with Crippen LogP contribution in [-0.2, 0) is 6.42 Å². The molecule has 0 saturated carbocycles. The predicted molar refractivity (Wildman–Crippen MR) is 54.7 cm³/mol. The average Bonchev–Trinajstić information content (AvgIpc) is 2.19. The van der Waals surface area contributed by atoms with Crippen LogP contribution in [0.3, 0.4) is 0 Å². The number of anilines is 1. The Balaban J connectivity index is 2.65. The molecule has 1 atom stereocenters. The van der Waals surface area contributed by atoms with Gasteiger partial charge in [-0.2, -0.15) is 5.26 Å². The first-order chi connectivity index (χ1) is 6.74. The molecule has 1 aromatic rings. The van der Waals surface area contributed by atoms with E-state index in [2.05, 4.69) is 18.0 Å². The second kappa shape index (κ2) is 3.30. The molecule has 0 spiro atoms. The summed E-state index contributed by atoms with van der Waals surface area (Å²) in [6, 6.07) is 2.17. The van der Waals surface area contributed by atoms with E-state index in [0.29, 0.717) is 17.3 Å². The number of hydrogen-bond acceptors (Lipinski definition) is 3. The number of aromatic nitrogens is 1. The zero-order valence-corrected chi connectivity index (χ0v) is 8.25. The van der Waals surface area contributed by atoms with Crippen LogP contribution in [0.2, 0.25) is 0 Å². The van der Waals surface area contributed by atoms with Crippen LogP contribution in [0, 0.1) is 11.3 Å². The summed E-state index contributed by atoms with van der Waals surface area (Å²) >= 11 is 0. The number of aryl methyl sites for hydroxylation is 1. The van der Waals surface area contributed by atoms with Crippen LogP contribution in [0.5, 0.6) is 0 Å².